The highest BCUT2D eigenvalue weighted by Gasteiger charge is 2.20. The molecule has 0 radical (unpaired) electrons. The predicted octanol–water partition coefficient (Wildman–Crippen LogP) is 4.30. The number of carbonyl (C=O) groups excluding carboxylic acids is 1. The van der Waals surface area contributed by atoms with Crippen molar-refractivity contribution in [3.63, 3.8) is 0 Å². The van der Waals surface area contributed by atoms with Crippen molar-refractivity contribution in [2.45, 2.75) is 65.7 Å². The van der Waals surface area contributed by atoms with Gasteiger partial charge in [0.15, 0.2) is 5.78 Å². The van der Waals surface area contributed by atoms with Gasteiger partial charge in [-0.05, 0) is 25.8 Å². The average molecular weight is 264 g/mol. The Hall–Kier alpha value is -1.12. The van der Waals surface area contributed by atoms with Gasteiger partial charge in [0, 0.05) is 18.7 Å². The van der Waals surface area contributed by atoms with E-state index in [2.05, 4.69) is 18.9 Å². The van der Waals surface area contributed by atoms with Gasteiger partial charge in [0.2, 0.25) is 0 Å². The second kappa shape index (κ2) is 8.13. The van der Waals surface area contributed by atoms with Crippen molar-refractivity contribution < 1.29 is 4.79 Å². The van der Waals surface area contributed by atoms with Crippen LogP contribution < -0.4 is 0 Å². The average Bonchev–Trinajstić information content (AvgIpc) is 2.73. The molecule has 0 spiro atoms. The van der Waals surface area contributed by atoms with E-state index in [-0.39, 0.29) is 11.7 Å². The lowest BCUT2D eigenvalue weighted by Crippen LogP contribution is -2.15. The van der Waals surface area contributed by atoms with Crippen LogP contribution in [0.1, 0.15) is 75.0 Å². The molecular formula is C16H28N2O. The van der Waals surface area contributed by atoms with Crippen molar-refractivity contribution in [1.82, 2.24) is 9.78 Å². The lowest BCUT2D eigenvalue weighted by atomic mass is 9.92. The number of ketones is 1. The molecule has 0 fully saturated rings. The number of aromatic nitrogens is 2. The molecule has 0 amide bonds. The number of rotatable bonds is 9. The van der Waals surface area contributed by atoms with Crippen molar-refractivity contribution >= 4 is 5.78 Å². The number of unbranched alkanes of at least 4 members (excludes halogenated alkanes) is 4. The third-order valence-electron chi connectivity index (χ3n) is 3.89. The first-order valence-corrected chi connectivity index (χ1v) is 7.65. The molecule has 0 aliphatic carbocycles. The summed E-state index contributed by atoms with van der Waals surface area (Å²) >= 11 is 0. The van der Waals surface area contributed by atoms with E-state index < -0.39 is 0 Å². The minimum atomic E-state index is 0.149. The van der Waals surface area contributed by atoms with Crippen LogP contribution in [0.3, 0.4) is 0 Å². The molecule has 3 heteroatoms. The third-order valence-corrected chi connectivity index (χ3v) is 3.89. The van der Waals surface area contributed by atoms with Crippen LogP contribution in [-0.2, 0) is 7.05 Å². The van der Waals surface area contributed by atoms with Gasteiger partial charge >= 0.3 is 0 Å². The minimum absolute atomic E-state index is 0.149. The Bertz CT molecular complexity index is 376. The van der Waals surface area contributed by atoms with E-state index in [1.54, 1.807) is 4.68 Å². The van der Waals surface area contributed by atoms with Gasteiger partial charge in [-0.15, -0.1) is 0 Å². The summed E-state index contributed by atoms with van der Waals surface area (Å²) in [6.07, 6.45) is 8.21. The first-order valence-electron chi connectivity index (χ1n) is 7.65. The van der Waals surface area contributed by atoms with Crippen LogP contribution in [-0.4, -0.2) is 15.6 Å². The summed E-state index contributed by atoms with van der Waals surface area (Å²) in [5.74, 6) is 0.373. The molecule has 0 N–H and O–H groups in total. The van der Waals surface area contributed by atoms with E-state index in [1.807, 2.05) is 20.0 Å². The van der Waals surface area contributed by atoms with Gasteiger partial charge in [0.1, 0.15) is 5.69 Å². The Morgan fingerprint density at radius 3 is 2.47 bits per heavy atom. The molecule has 1 heterocycles. The van der Waals surface area contributed by atoms with Crippen molar-refractivity contribution in [2.75, 3.05) is 0 Å². The van der Waals surface area contributed by atoms with Crippen LogP contribution >= 0.6 is 0 Å². The molecule has 108 valence electrons. The molecule has 3 nitrogen and oxygen atoms in total. The topological polar surface area (TPSA) is 34.9 Å². The second-order valence-electron chi connectivity index (χ2n) is 5.47. The molecule has 1 atom stereocenters. The quantitative estimate of drug-likeness (QED) is 0.492. The van der Waals surface area contributed by atoms with E-state index >= 15 is 0 Å². The van der Waals surface area contributed by atoms with Crippen molar-refractivity contribution in [2.24, 2.45) is 13.0 Å². The molecule has 1 aromatic heterocycles. The molecule has 0 aromatic carbocycles. The fourth-order valence-electron chi connectivity index (χ4n) is 2.41. The SMILES string of the molecule is CCCCCCCC(CC)C(=O)c1cc(C)n(C)n1. The highest BCUT2D eigenvalue weighted by atomic mass is 16.1. The summed E-state index contributed by atoms with van der Waals surface area (Å²) in [6, 6.07) is 1.90. The highest BCUT2D eigenvalue weighted by molar-refractivity contribution is 5.96. The van der Waals surface area contributed by atoms with Crippen molar-refractivity contribution in [3.8, 4) is 0 Å². The second-order valence-corrected chi connectivity index (χ2v) is 5.47. The summed E-state index contributed by atoms with van der Waals surface area (Å²) in [5, 5.41) is 4.30. The summed E-state index contributed by atoms with van der Waals surface area (Å²) in [4.78, 5) is 12.4. The Balaban J connectivity index is 2.47. The van der Waals surface area contributed by atoms with Gasteiger partial charge in [-0.1, -0.05) is 46.0 Å². The van der Waals surface area contributed by atoms with Crippen molar-refractivity contribution in [3.05, 3.63) is 17.5 Å². The number of hydrogen-bond donors (Lipinski definition) is 0. The number of nitrogens with zero attached hydrogens (tertiary/aromatic N) is 2. The van der Waals surface area contributed by atoms with Crippen LogP contribution in [0.25, 0.3) is 0 Å². The van der Waals surface area contributed by atoms with Crippen molar-refractivity contribution in [1.29, 1.82) is 0 Å². The summed E-state index contributed by atoms with van der Waals surface area (Å²) in [7, 11) is 1.89. The van der Waals surface area contributed by atoms with Gasteiger partial charge < -0.3 is 0 Å². The molecular weight excluding hydrogens is 236 g/mol. The maximum atomic E-state index is 12.4. The van der Waals surface area contributed by atoms with E-state index in [4.69, 9.17) is 0 Å². The zero-order valence-corrected chi connectivity index (χ0v) is 12.9. The minimum Gasteiger partial charge on any atom is -0.292 e. The Morgan fingerprint density at radius 1 is 1.26 bits per heavy atom. The van der Waals surface area contributed by atoms with Gasteiger partial charge in [-0.3, -0.25) is 9.48 Å². The number of carbonyl (C=O) groups is 1. The molecule has 0 aliphatic rings. The molecule has 0 saturated heterocycles. The maximum absolute atomic E-state index is 12.4. The van der Waals surface area contributed by atoms with Crippen LogP contribution in [0.4, 0.5) is 0 Å². The summed E-state index contributed by atoms with van der Waals surface area (Å²) in [5.41, 5.74) is 1.68. The Morgan fingerprint density at radius 2 is 1.95 bits per heavy atom. The monoisotopic (exact) mass is 264 g/mol. The third kappa shape index (κ3) is 4.81. The van der Waals surface area contributed by atoms with E-state index in [0.29, 0.717) is 5.69 Å². The van der Waals surface area contributed by atoms with E-state index in [0.717, 1.165) is 25.0 Å². The fourth-order valence-corrected chi connectivity index (χ4v) is 2.41. The van der Waals surface area contributed by atoms with Crippen LogP contribution in [0.15, 0.2) is 6.07 Å². The molecule has 19 heavy (non-hydrogen) atoms. The maximum Gasteiger partial charge on any atom is 0.186 e. The zero-order valence-electron chi connectivity index (χ0n) is 12.9. The molecule has 0 aliphatic heterocycles. The predicted molar refractivity (Wildman–Crippen MR) is 79.4 cm³/mol. The zero-order chi connectivity index (χ0) is 14.3. The lowest BCUT2D eigenvalue weighted by molar-refractivity contribution is 0.0902. The van der Waals surface area contributed by atoms with E-state index in [9.17, 15) is 4.79 Å². The normalized spacial score (nSPS) is 12.6. The van der Waals surface area contributed by atoms with Gasteiger partial charge in [0.05, 0.1) is 0 Å². The highest BCUT2D eigenvalue weighted by Crippen LogP contribution is 2.19. The standard InChI is InChI=1S/C16H28N2O/c1-5-7-8-9-10-11-14(6-2)16(19)15-12-13(3)18(4)17-15/h12,14H,5-11H2,1-4H3. The molecule has 0 bridgehead atoms. The first kappa shape index (κ1) is 15.9. The number of Topliss-reactive ketones (excluding diaryl/α,β-unsaturated/α-hetero) is 1. The summed E-state index contributed by atoms with van der Waals surface area (Å²) in [6.45, 7) is 6.31. The fraction of sp³-hybridized carbons (Fsp3) is 0.750. The smallest absolute Gasteiger partial charge is 0.186 e. The van der Waals surface area contributed by atoms with E-state index in [1.165, 1.54) is 25.7 Å². The molecule has 1 aromatic rings. The molecule has 1 rings (SSSR count). The van der Waals surface area contributed by atoms with Gasteiger partial charge in [-0.2, -0.15) is 5.10 Å². The number of hydrogen-bond acceptors (Lipinski definition) is 2. The van der Waals surface area contributed by atoms with Crippen LogP contribution in [0.2, 0.25) is 0 Å². The van der Waals surface area contributed by atoms with Gasteiger partial charge in [0.25, 0.3) is 0 Å². The van der Waals surface area contributed by atoms with Gasteiger partial charge in [-0.25, -0.2) is 0 Å². The largest absolute Gasteiger partial charge is 0.292 e. The lowest BCUT2D eigenvalue weighted by Gasteiger charge is -2.11. The number of aryl methyl sites for hydroxylation is 2. The summed E-state index contributed by atoms with van der Waals surface area (Å²) < 4.78 is 1.78. The Kier molecular flexibility index (Phi) is 6.82. The molecule has 1 unspecified atom stereocenters. The van der Waals surface area contributed by atoms with Crippen LogP contribution in [0.5, 0.6) is 0 Å². The van der Waals surface area contributed by atoms with Crippen LogP contribution in [0, 0.1) is 12.8 Å². The molecule has 0 saturated carbocycles. The Labute approximate surface area is 117 Å². The first-order chi connectivity index (χ1) is 9.10.